The van der Waals surface area contributed by atoms with E-state index in [1.54, 1.807) is 11.4 Å². The first-order valence-corrected chi connectivity index (χ1v) is 10.7. The Bertz CT molecular complexity index is 1580. The van der Waals surface area contributed by atoms with E-state index in [2.05, 4.69) is 25.5 Å². The van der Waals surface area contributed by atoms with Gasteiger partial charge in [0.25, 0.3) is 5.91 Å². The Kier molecular flexibility index (Phi) is 5.71. The summed E-state index contributed by atoms with van der Waals surface area (Å²) >= 11 is 6.31. The van der Waals surface area contributed by atoms with Gasteiger partial charge in [-0.3, -0.25) is 19.7 Å². The number of aromatic amines is 1. The van der Waals surface area contributed by atoms with Crippen molar-refractivity contribution >= 4 is 45.8 Å². The highest BCUT2D eigenvalue weighted by Crippen LogP contribution is 2.40. The number of nitrogens with one attached hydrogen (secondary N) is 3. The number of fused-ring (bicyclic) bond motifs is 2. The number of carbonyl (C=O) groups excluding carboxylic acids is 2. The summed E-state index contributed by atoms with van der Waals surface area (Å²) < 4.78 is 55.4. The van der Waals surface area contributed by atoms with Gasteiger partial charge in [-0.15, -0.1) is 0 Å². The Morgan fingerprint density at radius 2 is 2.06 bits per heavy atom. The quantitative estimate of drug-likeness (QED) is 0.333. The van der Waals surface area contributed by atoms with Crippen molar-refractivity contribution < 1.29 is 27.2 Å². The van der Waals surface area contributed by atoms with Gasteiger partial charge < -0.3 is 15.0 Å². The molecule has 1 unspecified atom stereocenters. The molecule has 1 fully saturated rings. The number of hydrogen-bond acceptors (Lipinski definition) is 6. The third-order valence-electron chi connectivity index (χ3n) is 5.63. The second-order valence-electron chi connectivity index (χ2n) is 7.96. The number of H-pyrrole nitrogens is 1. The van der Waals surface area contributed by atoms with Gasteiger partial charge in [0.2, 0.25) is 5.91 Å². The lowest BCUT2D eigenvalue weighted by molar-refractivity contribution is -0.132. The van der Waals surface area contributed by atoms with Gasteiger partial charge in [0.1, 0.15) is 12.2 Å². The molecule has 184 valence electrons. The number of aromatic nitrogens is 5. The fourth-order valence-corrected chi connectivity index (χ4v) is 4.08. The van der Waals surface area contributed by atoms with Crippen LogP contribution in [0.2, 0.25) is 5.02 Å². The molecule has 2 amide bonds. The van der Waals surface area contributed by atoms with Gasteiger partial charge in [0.15, 0.2) is 17.3 Å². The first-order valence-electron chi connectivity index (χ1n) is 10.3. The Balaban J connectivity index is 1.56. The van der Waals surface area contributed by atoms with Crippen molar-refractivity contribution in [3.8, 4) is 17.3 Å². The largest absolute Gasteiger partial charge is 0.331 e. The lowest BCUT2D eigenvalue weighted by Gasteiger charge is -2.16. The Morgan fingerprint density at radius 1 is 1.31 bits per heavy atom. The first-order chi connectivity index (χ1) is 17.2. The van der Waals surface area contributed by atoms with Crippen molar-refractivity contribution in [1.82, 2.24) is 29.9 Å². The zero-order valence-corrected chi connectivity index (χ0v) is 18.5. The van der Waals surface area contributed by atoms with Crippen LogP contribution in [-0.4, -0.2) is 49.0 Å². The van der Waals surface area contributed by atoms with Crippen molar-refractivity contribution in [3.63, 3.8) is 0 Å². The summed E-state index contributed by atoms with van der Waals surface area (Å²) in [5.41, 5.74) is 0.0118. The number of rotatable bonds is 6. The zero-order valence-electron chi connectivity index (χ0n) is 17.8. The molecule has 3 heterocycles. The third kappa shape index (κ3) is 3.97. The van der Waals surface area contributed by atoms with Crippen LogP contribution in [0.15, 0.2) is 24.8 Å². The second-order valence-corrected chi connectivity index (χ2v) is 8.34. The Morgan fingerprint density at radius 3 is 2.72 bits per heavy atom. The monoisotopic (exact) mass is 520 g/mol. The molecule has 0 saturated heterocycles. The fraction of sp³-hybridized carbons (Fsp3) is 0.238. The minimum atomic E-state index is -3.42. The predicted octanol–water partition coefficient (Wildman–Crippen LogP) is 3.31. The smallest absolute Gasteiger partial charge is 0.315 e. The molecule has 5 rings (SSSR count). The highest BCUT2D eigenvalue weighted by Gasteiger charge is 2.43. The molecule has 3 N–H and O–H groups in total. The van der Waals surface area contributed by atoms with Crippen LogP contribution >= 0.6 is 11.6 Å². The Hall–Kier alpha value is -4.25. The van der Waals surface area contributed by atoms with Gasteiger partial charge in [-0.2, -0.15) is 19.1 Å². The molecule has 0 bridgehead atoms. The molecule has 3 aromatic heterocycles. The number of imidazole rings is 1. The molecule has 1 aliphatic carbocycles. The molecule has 1 aromatic carbocycles. The van der Waals surface area contributed by atoms with Crippen LogP contribution in [-0.2, 0) is 9.59 Å². The summed E-state index contributed by atoms with van der Waals surface area (Å²) in [5, 5.41) is 19.8. The molecule has 0 aliphatic heterocycles. The van der Waals surface area contributed by atoms with E-state index in [0.717, 1.165) is 0 Å². The summed E-state index contributed by atoms with van der Waals surface area (Å²) in [6.07, 6.45) is 1.07. The highest BCUT2D eigenvalue weighted by atomic mass is 35.5. The number of halogens is 5. The number of benzene rings is 1. The van der Waals surface area contributed by atoms with Gasteiger partial charge in [-0.05, 0) is 6.42 Å². The fourth-order valence-electron chi connectivity index (χ4n) is 3.78. The van der Waals surface area contributed by atoms with E-state index in [9.17, 15) is 28.0 Å². The van der Waals surface area contributed by atoms with Crippen LogP contribution in [0.5, 0.6) is 0 Å². The molecule has 1 saturated carbocycles. The van der Waals surface area contributed by atoms with E-state index >= 15 is 4.39 Å². The topological polar surface area (TPSA) is 141 Å². The number of anilines is 1. The summed E-state index contributed by atoms with van der Waals surface area (Å²) in [4.78, 5) is 31.9. The summed E-state index contributed by atoms with van der Waals surface area (Å²) in [6, 6.07) is -0.212. The molecule has 10 nitrogen and oxygen atoms in total. The average Bonchev–Trinajstić information content (AvgIpc) is 3.21. The van der Waals surface area contributed by atoms with Crippen molar-refractivity contribution in [2.45, 2.75) is 25.1 Å². The highest BCUT2D eigenvalue weighted by molar-refractivity contribution is 6.35. The predicted molar refractivity (Wildman–Crippen MR) is 117 cm³/mol. The van der Waals surface area contributed by atoms with Gasteiger partial charge in [0, 0.05) is 17.1 Å². The molecule has 15 heteroatoms. The minimum Gasteiger partial charge on any atom is -0.331 e. The molecule has 0 spiro atoms. The minimum absolute atomic E-state index is 0.0568. The van der Waals surface area contributed by atoms with Crippen LogP contribution in [0.3, 0.4) is 0 Å². The molecular weight excluding hydrogens is 508 g/mol. The molecule has 0 radical (unpaired) electrons. The van der Waals surface area contributed by atoms with E-state index in [-0.39, 0.29) is 34.4 Å². The number of alkyl halides is 3. The number of amides is 2. The maximum atomic E-state index is 15.4. The van der Waals surface area contributed by atoms with Crippen LogP contribution < -0.4 is 10.6 Å². The third-order valence-corrected chi connectivity index (χ3v) is 5.98. The van der Waals surface area contributed by atoms with Crippen molar-refractivity contribution in [1.29, 1.82) is 5.26 Å². The van der Waals surface area contributed by atoms with E-state index in [4.69, 9.17) is 11.6 Å². The lowest BCUT2D eigenvalue weighted by atomic mass is 9.98. The lowest BCUT2D eigenvalue weighted by Crippen LogP contribution is -2.33. The maximum Gasteiger partial charge on any atom is 0.315 e. The van der Waals surface area contributed by atoms with E-state index in [1.165, 1.54) is 29.2 Å². The number of nitrogens with zero attached hydrogens (tertiary/aromatic N) is 5. The number of carbonyl (C=O) groups is 2. The molecular formula is C21H13ClF4N8O2. The van der Waals surface area contributed by atoms with Gasteiger partial charge in [-0.25, -0.2) is 13.8 Å². The molecule has 1 aliphatic rings. The average molecular weight is 521 g/mol. The van der Waals surface area contributed by atoms with Gasteiger partial charge in [-0.1, -0.05) is 11.6 Å². The summed E-state index contributed by atoms with van der Waals surface area (Å²) in [5.74, 6) is -3.94. The van der Waals surface area contributed by atoms with Crippen LogP contribution in [0.25, 0.3) is 27.8 Å². The van der Waals surface area contributed by atoms with Gasteiger partial charge in [0.05, 0.1) is 52.4 Å². The van der Waals surface area contributed by atoms with Crippen LogP contribution in [0.1, 0.15) is 18.0 Å². The van der Waals surface area contributed by atoms with Crippen molar-refractivity contribution in [2.75, 3.05) is 5.32 Å². The number of hydrogen-bond donors (Lipinski definition) is 3. The molecule has 4 aromatic rings. The zero-order chi connectivity index (χ0) is 25.7. The van der Waals surface area contributed by atoms with Crippen molar-refractivity contribution in [2.24, 2.45) is 5.92 Å². The summed E-state index contributed by atoms with van der Waals surface area (Å²) in [6.45, 7) is 0. The Labute approximate surface area is 203 Å². The van der Waals surface area contributed by atoms with E-state index in [0.29, 0.717) is 5.65 Å². The summed E-state index contributed by atoms with van der Waals surface area (Å²) in [7, 11) is 0. The SMILES string of the molecule is N#CC(NC(=O)C(F)F)c1c(F)c(Cl)c(-c2cn3cc(NC(=O)[C@@H]4C[C@@H]4F)nc3cn2)c2cn[nH]c12. The standard InChI is InChI=1S/C21H13ClF4N8O2/c22-16-14(8-3-29-33-18(8)15(17(16)24)10(2-27)30-21(36)19(25)26)11-5-34-6-12(31-13(34)4-28-11)32-20(35)7-1-9(7)23/h3-7,9-10,19H,1H2,(H,29,33)(H,30,36)(H,32,35)/t7-,9+,10?/m1/s1. The van der Waals surface area contributed by atoms with E-state index < -0.39 is 52.8 Å². The maximum absolute atomic E-state index is 15.4. The molecule has 36 heavy (non-hydrogen) atoms. The van der Waals surface area contributed by atoms with Crippen LogP contribution in [0, 0.1) is 23.1 Å². The second kappa shape index (κ2) is 8.76. The van der Waals surface area contributed by atoms with E-state index in [1.807, 2.05) is 0 Å². The first kappa shape index (κ1) is 23.5. The van der Waals surface area contributed by atoms with Gasteiger partial charge >= 0.3 is 6.43 Å². The van der Waals surface area contributed by atoms with Crippen molar-refractivity contribution in [3.05, 3.63) is 41.2 Å². The number of nitriles is 1. The normalized spacial score (nSPS) is 17.8. The van der Waals surface area contributed by atoms with Crippen LogP contribution in [0.4, 0.5) is 23.4 Å². The molecule has 3 atom stereocenters.